The van der Waals surface area contributed by atoms with E-state index in [1.54, 1.807) is 0 Å². The van der Waals surface area contributed by atoms with Gasteiger partial charge >= 0.3 is 7.60 Å². The van der Waals surface area contributed by atoms with Crippen LogP contribution in [0.4, 0.5) is 0 Å². The fraction of sp³-hybridized carbons (Fsp3) is 1.00. The second-order valence-electron chi connectivity index (χ2n) is 3.69. The van der Waals surface area contributed by atoms with E-state index in [0.717, 1.165) is 6.66 Å². The van der Waals surface area contributed by atoms with E-state index in [-0.39, 0.29) is 13.2 Å². The van der Waals surface area contributed by atoms with Gasteiger partial charge in [0.2, 0.25) is 0 Å². The summed E-state index contributed by atoms with van der Waals surface area (Å²) in [6.45, 7) is -0.469. The predicted octanol–water partition coefficient (Wildman–Crippen LogP) is -1.30. The zero-order valence-corrected chi connectivity index (χ0v) is 10.8. The first-order chi connectivity index (χ1) is 7.78. The molecule has 2 radical (unpaired) electrons. The molecule has 0 amide bonds. The number of rotatable bonds is 9. The highest BCUT2D eigenvalue weighted by molar-refractivity contribution is 7.51. The van der Waals surface area contributed by atoms with Crippen molar-refractivity contribution in [2.45, 2.75) is 11.6 Å². The van der Waals surface area contributed by atoms with Gasteiger partial charge in [0.25, 0.3) is 0 Å². The first-order valence-corrected chi connectivity index (χ1v) is 6.90. The standard InChI is InChI=1S/C8H18BO7P/c1-14-5-8(4-11,16-7(9)3-10)6-15-17(2,12)13/h7,10-11H,3-6H2,1-2H3,(H,12,13)/t7-,8-/m1/s1. The summed E-state index contributed by atoms with van der Waals surface area (Å²) >= 11 is 0. The van der Waals surface area contributed by atoms with Crippen LogP contribution in [0.3, 0.4) is 0 Å². The van der Waals surface area contributed by atoms with Gasteiger partial charge in [-0.3, -0.25) is 4.57 Å². The van der Waals surface area contributed by atoms with Crippen molar-refractivity contribution in [2.75, 3.05) is 40.2 Å². The van der Waals surface area contributed by atoms with Crippen LogP contribution in [0.15, 0.2) is 0 Å². The van der Waals surface area contributed by atoms with Crippen LogP contribution >= 0.6 is 7.60 Å². The molecule has 0 aliphatic rings. The fourth-order valence-corrected chi connectivity index (χ4v) is 1.57. The maximum Gasteiger partial charge on any atom is 0.325 e. The average molecular weight is 268 g/mol. The molecule has 0 aromatic rings. The fourth-order valence-electron chi connectivity index (χ4n) is 1.10. The van der Waals surface area contributed by atoms with Gasteiger partial charge in [0, 0.05) is 19.8 Å². The molecule has 3 atom stereocenters. The van der Waals surface area contributed by atoms with Crippen molar-refractivity contribution in [3.63, 3.8) is 0 Å². The highest BCUT2D eigenvalue weighted by atomic mass is 31.2. The van der Waals surface area contributed by atoms with Crippen LogP contribution in [0, 0.1) is 0 Å². The van der Waals surface area contributed by atoms with Gasteiger partial charge in [0.1, 0.15) is 13.4 Å². The van der Waals surface area contributed by atoms with E-state index in [2.05, 4.69) is 0 Å². The predicted molar refractivity (Wildman–Crippen MR) is 61.1 cm³/mol. The Bertz CT molecular complexity index is 258. The quantitative estimate of drug-likeness (QED) is 0.352. The first-order valence-electron chi connectivity index (χ1n) is 4.87. The summed E-state index contributed by atoms with van der Waals surface area (Å²) in [4.78, 5) is 9.01. The van der Waals surface area contributed by atoms with E-state index in [4.69, 9.17) is 31.8 Å². The summed E-state index contributed by atoms with van der Waals surface area (Å²) in [5, 5.41) is 18.0. The summed E-state index contributed by atoms with van der Waals surface area (Å²) < 4.78 is 25.7. The van der Waals surface area contributed by atoms with Gasteiger partial charge < -0.3 is 29.1 Å². The van der Waals surface area contributed by atoms with Crippen molar-refractivity contribution >= 4 is 15.4 Å². The minimum atomic E-state index is -3.70. The lowest BCUT2D eigenvalue weighted by Crippen LogP contribution is -2.49. The van der Waals surface area contributed by atoms with Crippen LogP contribution in [-0.4, -0.2) is 74.8 Å². The van der Waals surface area contributed by atoms with Crippen LogP contribution < -0.4 is 0 Å². The third-order valence-electron chi connectivity index (χ3n) is 1.84. The molecule has 3 N–H and O–H groups in total. The molecule has 0 aromatic carbocycles. The molecule has 0 aliphatic heterocycles. The monoisotopic (exact) mass is 268 g/mol. The molecule has 9 heteroatoms. The Morgan fingerprint density at radius 1 is 1.41 bits per heavy atom. The third-order valence-corrected chi connectivity index (χ3v) is 2.45. The molecule has 0 aliphatic carbocycles. The van der Waals surface area contributed by atoms with E-state index in [9.17, 15) is 9.67 Å². The molecular weight excluding hydrogens is 250 g/mol. The van der Waals surface area contributed by atoms with Crippen molar-refractivity contribution in [2.24, 2.45) is 0 Å². The molecule has 17 heavy (non-hydrogen) atoms. The van der Waals surface area contributed by atoms with Crippen molar-refractivity contribution < 1.29 is 33.7 Å². The van der Waals surface area contributed by atoms with Gasteiger partial charge in [-0.15, -0.1) is 0 Å². The Morgan fingerprint density at radius 2 is 2.00 bits per heavy atom. The summed E-state index contributed by atoms with van der Waals surface area (Å²) in [7, 11) is 3.04. The largest absolute Gasteiger partial charge is 0.395 e. The van der Waals surface area contributed by atoms with E-state index in [0.29, 0.717) is 0 Å². The zero-order valence-electron chi connectivity index (χ0n) is 9.90. The van der Waals surface area contributed by atoms with E-state index < -0.39 is 32.4 Å². The van der Waals surface area contributed by atoms with Gasteiger partial charge in [-0.2, -0.15) is 0 Å². The number of aliphatic hydroxyl groups is 2. The molecule has 0 fully saturated rings. The number of hydrogen-bond acceptors (Lipinski definition) is 6. The van der Waals surface area contributed by atoms with Gasteiger partial charge in [0.05, 0.1) is 26.4 Å². The smallest absolute Gasteiger partial charge is 0.325 e. The first kappa shape index (κ1) is 17.1. The topological polar surface area (TPSA) is 105 Å². The van der Waals surface area contributed by atoms with Gasteiger partial charge in [-0.1, -0.05) is 0 Å². The molecule has 0 bridgehead atoms. The normalized spacial score (nSPS) is 20.5. The van der Waals surface area contributed by atoms with Gasteiger partial charge in [-0.05, 0) is 0 Å². The number of ether oxygens (including phenoxy) is 2. The average Bonchev–Trinajstić information content (AvgIpc) is 2.25. The lowest BCUT2D eigenvalue weighted by Gasteiger charge is -2.33. The van der Waals surface area contributed by atoms with Gasteiger partial charge in [-0.25, -0.2) is 0 Å². The number of aliphatic hydroxyl groups excluding tert-OH is 2. The summed E-state index contributed by atoms with van der Waals surface area (Å²) in [5.74, 6) is 0. The molecule has 0 rings (SSSR count). The Balaban J connectivity index is 4.63. The lowest BCUT2D eigenvalue weighted by atomic mass is 9.99. The van der Waals surface area contributed by atoms with Crippen LogP contribution in [0.2, 0.25) is 0 Å². The highest BCUT2D eigenvalue weighted by Gasteiger charge is 2.34. The molecule has 0 spiro atoms. The Labute approximate surface area is 102 Å². The lowest BCUT2D eigenvalue weighted by molar-refractivity contribution is -0.152. The number of methoxy groups -OCH3 is 1. The van der Waals surface area contributed by atoms with Crippen molar-refractivity contribution in [3.05, 3.63) is 0 Å². The minimum absolute atomic E-state index is 0.100. The van der Waals surface area contributed by atoms with Crippen LogP contribution in [0.5, 0.6) is 0 Å². The third kappa shape index (κ3) is 7.15. The summed E-state index contributed by atoms with van der Waals surface area (Å²) in [6, 6.07) is -1.05. The zero-order chi connectivity index (χ0) is 13.5. The molecule has 0 aromatic heterocycles. The molecule has 0 saturated heterocycles. The second-order valence-corrected chi connectivity index (χ2v) is 5.55. The van der Waals surface area contributed by atoms with Crippen molar-refractivity contribution in [3.8, 4) is 0 Å². The highest BCUT2D eigenvalue weighted by Crippen LogP contribution is 2.38. The Kier molecular flexibility index (Phi) is 7.51. The maximum atomic E-state index is 11.0. The van der Waals surface area contributed by atoms with E-state index >= 15 is 0 Å². The molecular formula is C8H18BO7P. The van der Waals surface area contributed by atoms with Crippen molar-refractivity contribution in [1.82, 2.24) is 0 Å². The summed E-state index contributed by atoms with van der Waals surface area (Å²) in [5.41, 5.74) is -1.38. The Morgan fingerprint density at radius 3 is 2.35 bits per heavy atom. The second kappa shape index (κ2) is 7.48. The SMILES string of the molecule is [B][C@@H](CO)O[C@](CO)(COC)COP(C)(=O)O. The number of hydrogen-bond donors (Lipinski definition) is 3. The minimum Gasteiger partial charge on any atom is -0.395 e. The molecule has 0 heterocycles. The van der Waals surface area contributed by atoms with Crippen molar-refractivity contribution in [1.29, 1.82) is 0 Å². The molecule has 7 nitrogen and oxygen atoms in total. The van der Waals surface area contributed by atoms with Crippen LogP contribution in [-0.2, 0) is 18.6 Å². The van der Waals surface area contributed by atoms with Crippen LogP contribution in [0.1, 0.15) is 0 Å². The van der Waals surface area contributed by atoms with E-state index in [1.807, 2.05) is 0 Å². The summed E-state index contributed by atoms with van der Waals surface area (Å²) in [6.07, 6.45) is 0. The Hall–Kier alpha value is 0.0549. The van der Waals surface area contributed by atoms with E-state index in [1.165, 1.54) is 7.11 Å². The molecule has 100 valence electrons. The molecule has 1 unspecified atom stereocenters. The van der Waals surface area contributed by atoms with Crippen LogP contribution in [0.25, 0.3) is 0 Å². The maximum absolute atomic E-state index is 11.0. The molecule has 0 saturated carbocycles. The van der Waals surface area contributed by atoms with Gasteiger partial charge in [0.15, 0.2) is 0 Å².